The monoisotopic (exact) mass is 132 g/mol. The molecule has 1 saturated heterocycles. The van der Waals surface area contributed by atoms with Crippen molar-refractivity contribution in [2.75, 3.05) is 6.61 Å². The van der Waals surface area contributed by atoms with Crippen molar-refractivity contribution < 1.29 is 9.13 Å². The first-order valence-corrected chi connectivity index (χ1v) is 3.44. The van der Waals surface area contributed by atoms with Crippen LogP contribution in [0.2, 0.25) is 0 Å². The summed E-state index contributed by atoms with van der Waals surface area (Å²) in [7, 11) is 0. The van der Waals surface area contributed by atoms with Crippen LogP contribution in [0.15, 0.2) is 0 Å². The molecule has 1 aliphatic heterocycles. The first-order valence-electron chi connectivity index (χ1n) is 3.44. The Hall–Kier alpha value is -0.110. The van der Waals surface area contributed by atoms with Crippen molar-refractivity contribution in [2.45, 2.75) is 38.5 Å². The molecule has 0 radical (unpaired) electrons. The highest BCUT2D eigenvalue weighted by atomic mass is 19.1. The molecule has 2 atom stereocenters. The average Bonchev–Trinajstić information content (AvgIpc) is 2.48. The molecule has 0 N–H and O–H groups in total. The van der Waals surface area contributed by atoms with Crippen LogP contribution in [0.4, 0.5) is 4.39 Å². The molecule has 0 saturated carbocycles. The van der Waals surface area contributed by atoms with E-state index in [0.717, 1.165) is 6.61 Å². The highest BCUT2D eigenvalue weighted by Gasteiger charge is 2.40. The lowest BCUT2D eigenvalue weighted by atomic mass is 10.0. The van der Waals surface area contributed by atoms with Crippen molar-refractivity contribution in [1.82, 2.24) is 0 Å². The second-order valence-electron chi connectivity index (χ2n) is 2.95. The normalized spacial score (nSPS) is 36.3. The molecule has 0 bridgehead atoms. The van der Waals surface area contributed by atoms with Crippen molar-refractivity contribution in [3.63, 3.8) is 0 Å². The summed E-state index contributed by atoms with van der Waals surface area (Å²) in [5.74, 6) is 0. The molecule has 1 heterocycles. The molecular weight excluding hydrogens is 119 g/mol. The van der Waals surface area contributed by atoms with E-state index in [0.29, 0.717) is 12.8 Å². The van der Waals surface area contributed by atoms with Gasteiger partial charge in [0.25, 0.3) is 0 Å². The van der Waals surface area contributed by atoms with Gasteiger partial charge in [0.2, 0.25) is 0 Å². The summed E-state index contributed by atoms with van der Waals surface area (Å²) in [6, 6.07) is 0. The molecule has 0 aromatic carbocycles. The maximum absolute atomic E-state index is 12.6. The van der Waals surface area contributed by atoms with Crippen molar-refractivity contribution in [3.8, 4) is 0 Å². The molecule has 9 heavy (non-hydrogen) atoms. The maximum Gasteiger partial charge on any atom is 0.103 e. The highest BCUT2D eigenvalue weighted by Crippen LogP contribution is 2.32. The van der Waals surface area contributed by atoms with E-state index in [2.05, 4.69) is 0 Å². The molecular formula is C7H13FO. The van der Waals surface area contributed by atoms with Gasteiger partial charge in [-0.2, -0.15) is 0 Å². The van der Waals surface area contributed by atoms with Gasteiger partial charge in [-0.25, -0.2) is 4.39 Å². The molecule has 0 aromatic rings. The largest absolute Gasteiger partial charge is 0.370 e. The Balaban J connectivity index is 2.17. The average molecular weight is 132 g/mol. The summed E-state index contributed by atoms with van der Waals surface area (Å²) in [5, 5.41) is 0. The molecule has 0 spiro atoms. The van der Waals surface area contributed by atoms with Gasteiger partial charge in [0.15, 0.2) is 0 Å². The van der Waals surface area contributed by atoms with Gasteiger partial charge in [-0.05, 0) is 13.3 Å². The summed E-state index contributed by atoms with van der Waals surface area (Å²) in [4.78, 5) is 0. The van der Waals surface area contributed by atoms with E-state index in [1.807, 2.05) is 13.8 Å². The number of epoxide rings is 1. The minimum Gasteiger partial charge on any atom is -0.370 e. The standard InChI is InChI=1S/C7H13FO/c1-3-6(8)4-7(2)5-9-7/h6H,3-5H2,1-2H3. The van der Waals surface area contributed by atoms with E-state index >= 15 is 0 Å². The summed E-state index contributed by atoms with van der Waals surface area (Å²) in [6.07, 6.45) is 0.514. The van der Waals surface area contributed by atoms with Crippen molar-refractivity contribution >= 4 is 0 Å². The lowest BCUT2D eigenvalue weighted by Gasteiger charge is -2.06. The van der Waals surface area contributed by atoms with E-state index in [1.165, 1.54) is 0 Å². The zero-order chi connectivity index (χ0) is 6.91. The number of alkyl halides is 1. The van der Waals surface area contributed by atoms with Crippen LogP contribution in [0.3, 0.4) is 0 Å². The van der Waals surface area contributed by atoms with Crippen LogP contribution in [0.25, 0.3) is 0 Å². The lowest BCUT2D eigenvalue weighted by molar-refractivity contribution is 0.219. The molecule has 0 aliphatic carbocycles. The molecule has 0 amide bonds. The Morgan fingerprint density at radius 3 is 2.67 bits per heavy atom. The highest BCUT2D eigenvalue weighted by molar-refractivity contribution is 4.88. The quantitative estimate of drug-likeness (QED) is 0.534. The summed E-state index contributed by atoms with van der Waals surface area (Å²) in [6.45, 7) is 4.55. The van der Waals surface area contributed by atoms with Gasteiger partial charge in [0.05, 0.1) is 12.2 Å². The Morgan fingerprint density at radius 1 is 1.78 bits per heavy atom. The third-order valence-electron chi connectivity index (χ3n) is 1.73. The van der Waals surface area contributed by atoms with Crippen molar-refractivity contribution in [1.29, 1.82) is 0 Å². The smallest absolute Gasteiger partial charge is 0.103 e. The van der Waals surface area contributed by atoms with Crippen LogP contribution in [0.5, 0.6) is 0 Å². The molecule has 1 rings (SSSR count). The number of halogens is 1. The SMILES string of the molecule is CCC(F)CC1(C)CO1. The van der Waals surface area contributed by atoms with Gasteiger partial charge in [0.1, 0.15) is 6.17 Å². The van der Waals surface area contributed by atoms with E-state index < -0.39 is 6.17 Å². The Bertz CT molecular complexity index is 99.1. The molecule has 1 aliphatic rings. The minimum absolute atomic E-state index is 0.102. The third kappa shape index (κ3) is 1.94. The molecule has 1 nitrogen and oxygen atoms in total. The second-order valence-corrected chi connectivity index (χ2v) is 2.95. The van der Waals surface area contributed by atoms with Gasteiger partial charge in [-0.3, -0.25) is 0 Å². The van der Waals surface area contributed by atoms with Crippen LogP contribution in [0.1, 0.15) is 26.7 Å². The predicted octanol–water partition coefficient (Wildman–Crippen LogP) is 1.91. The number of rotatable bonds is 3. The van der Waals surface area contributed by atoms with E-state index in [-0.39, 0.29) is 5.60 Å². The maximum atomic E-state index is 12.6. The second kappa shape index (κ2) is 2.25. The Labute approximate surface area is 55.2 Å². The first-order chi connectivity index (χ1) is 4.16. The van der Waals surface area contributed by atoms with Gasteiger partial charge < -0.3 is 4.74 Å². The topological polar surface area (TPSA) is 12.5 Å². The van der Waals surface area contributed by atoms with Crippen LogP contribution >= 0.6 is 0 Å². The Kier molecular flexibility index (Phi) is 1.75. The predicted molar refractivity (Wildman–Crippen MR) is 34.2 cm³/mol. The summed E-state index contributed by atoms with van der Waals surface area (Å²) >= 11 is 0. The zero-order valence-electron chi connectivity index (χ0n) is 5.98. The first kappa shape index (κ1) is 7.00. The molecule has 0 aromatic heterocycles. The fraction of sp³-hybridized carbons (Fsp3) is 1.00. The van der Waals surface area contributed by atoms with Gasteiger partial charge in [0, 0.05) is 6.42 Å². The van der Waals surface area contributed by atoms with Gasteiger partial charge in [-0.15, -0.1) is 0 Å². The van der Waals surface area contributed by atoms with Crippen LogP contribution in [-0.2, 0) is 4.74 Å². The summed E-state index contributed by atoms with van der Waals surface area (Å²) < 4.78 is 17.6. The third-order valence-corrected chi connectivity index (χ3v) is 1.73. The fourth-order valence-corrected chi connectivity index (χ4v) is 0.854. The number of hydrogen-bond donors (Lipinski definition) is 0. The van der Waals surface area contributed by atoms with Crippen molar-refractivity contribution in [2.24, 2.45) is 0 Å². The molecule has 2 unspecified atom stereocenters. The zero-order valence-corrected chi connectivity index (χ0v) is 5.98. The minimum atomic E-state index is -0.669. The molecule has 2 heteroatoms. The fourth-order valence-electron chi connectivity index (χ4n) is 0.854. The van der Waals surface area contributed by atoms with Crippen LogP contribution in [-0.4, -0.2) is 18.4 Å². The molecule has 54 valence electrons. The lowest BCUT2D eigenvalue weighted by Crippen LogP contribution is -2.12. The van der Waals surface area contributed by atoms with Gasteiger partial charge in [-0.1, -0.05) is 6.92 Å². The number of hydrogen-bond acceptors (Lipinski definition) is 1. The Morgan fingerprint density at radius 2 is 2.33 bits per heavy atom. The van der Waals surface area contributed by atoms with E-state index in [9.17, 15) is 4.39 Å². The number of ether oxygens (including phenoxy) is 1. The van der Waals surface area contributed by atoms with Gasteiger partial charge >= 0.3 is 0 Å². The van der Waals surface area contributed by atoms with Crippen LogP contribution < -0.4 is 0 Å². The van der Waals surface area contributed by atoms with Crippen LogP contribution in [0, 0.1) is 0 Å². The van der Waals surface area contributed by atoms with E-state index in [4.69, 9.17) is 4.74 Å². The molecule has 1 fully saturated rings. The van der Waals surface area contributed by atoms with E-state index in [1.54, 1.807) is 0 Å². The summed E-state index contributed by atoms with van der Waals surface area (Å²) in [5.41, 5.74) is -0.102. The van der Waals surface area contributed by atoms with Crippen molar-refractivity contribution in [3.05, 3.63) is 0 Å².